The van der Waals surface area contributed by atoms with Crippen LogP contribution in [0.3, 0.4) is 0 Å². The second kappa shape index (κ2) is 6.96. The molecule has 7 heteroatoms. The van der Waals surface area contributed by atoms with Crippen LogP contribution in [0.5, 0.6) is 0 Å². The molecule has 19 heavy (non-hydrogen) atoms. The van der Waals surface area contributed by atoms with Crippen LogP contribution in [0.4, 0.5) is 4.79 Å². The van der Waals surface area contributed by atoms with Gasteiger partial charge >= 0.3 is 12.0 Å². The van der Waals surface area contributed by atoms with Crippen LogP contribution in [0, 0.1) is 5.92 Å². The molecule has 0 heterocycles. The molecule has 0 aliphatic heterocycles. The van der Waals surface area contributed by atoms with Crippen molar-refractivity contribution in [2.75, 3.05) is 0 Å². The molecule has 0 aromatic rings. The van der Waals surface area contributed by atoms with Crippen LogP contribution in [0.1, 0.15) is 39.0 Å². The molecule has 0 radical (unpaired) electrons. The number of nitrogens with one attached hydrogen (secondary N) is 2. The van der Waals surface area contributed by atoms with E-state index in [-0.39, 0.29) is 18.9 Å². The molecule has 7 nitrogen and oxygen atoms in total. The molecule has 2 atom stereocenters. The standard InChI is InChI=1S/C12H21N3O4/c1-7(8-3-2-4-8)14-12(19)15-9(11(17)18)5-6-10(13)16/h7-9H,2-6H2,1H3,(H2,13,16)(H,17,18)(H2,14,15,19). The molecule has 108 valence electrons. The number of rotatable bonds is 7. The van der Waals surface area contributed by atoms with Crippen LogP contribution in [0.25, 0.3) is 0 Å². The van der Waals surface area contributed by atoms with E-state index in [1.165, 1.54) is 6.42 Å². The molecular weight excluding hydrogens is 250 g/mol. The highest BCUT2D eigenvalue weighted by Gasteiger charge is 2.26. The van der Waals surface area contributed by atoms with Crippen molar-refractivity contribution in [3.8, 4) is 0 Å². The molecule has 3 amide bonds. The lowest BCUT2D eigenvalue weighted by molar-refractivity contribution is -0.139. The molecule has 1 saturated carbocycles. The first-order valence-electron chi connectivity index (χ1n) is 6.48. The molecule has 0 aromatic carbocycles. The molecule has 2 unspecified atom stereocenters. The van der Waals surface area contributed by atoms with E-state index in [4.69, 9.17) is 10.8 Å². The summed E-state index contributed by atoms with van der Waals surface area (Å²) in [5.74, 6) is -1.29. The first-order valence-corrected chi connectivity index (χ1v) is 6.48. The second-order valence-corrected chi connectivity index (χ2v) is 4.99. The highest BCUT2D eigenvalue weighted by atomic mass is 16.4. The van der Waals surface area contributed by atoms with E-state index >= 15 is 0 Å². The summed E-state index contributed by atoms with van der Waals surface area (Å²) in [7, 11) is 0. The summed E-state index contributed by atoms with van der Waals surface area (Å²) in [5, 5.41) is 14.0. The number of carboxylic acids is 1. The van der Waals surface area contributed by atoms with E-state index in [1.807, 2.05) is 6.92 Å². The van der Waals surface area contributed by atoms with Gasteiger partial charge in [0.1, 0.15) is 6.04 Å². The van der Waals surface area contributed by atoms with Gasteiger partial charge in [-0.25, -0.2) is 9.59 Å². The number of carboxylic acid groups (broad SMARTS) is 1. The zero-order valence-electron chi connectivity index (χ0n) is 11.0. The van der Waals surface area contributed by atoms with Crippen LogP contribution in [-0.4, -0.2) is 35.1 Å². The van der Waals surface area contributed by atoms with Gasteiger partial charge in [0.25, 0.3) is 0 Å². The number of nitrogens with two attached hydrogens (primary N) is 1. The van der Waals surface area contributed by atoms with Crippen molar-refractivity contribution in [2.24, 2.45) is 11.7 Å². The number of aliphatic carboxylic acids is 1. The lowest BCUT2D eigenvalue weighted by Crippen LogP contribution is -2.50. The lowest BCUT2D eigenvalue weighted by atomic mass is 9.80. The Kier molecular flexibility index (Phi) is 5.59. The third-order valence-electron chi connectivity index (χ3n) is 3.50. The van der Waals surface area contributed by atoms with Gasteiger partial charge in [0.2, 0.25) is 5.91 Å². The Labute approximate surface area is 111 Å². The minimum absolute atomic E-state index is 0.00407. The maximum atomic E-state index is 11.7. The largest absolute Gasteiger partial charge is 0.480 e. The zero-order chi connectivity index (χ0) is 14.4. The van der Waals surface area contributed by atoms with Crippen molar-refractivity contribution in [3.63, 3.8) is 0 Å². The predicted octanol–water partition coefficient (Wildman–Crippen LogP) is 0.193. The number of hydrogen-bond acceptors (Lipinski definition) is 3. The Bertz CT molecular complexity index is 355. The number of hydrogen-bond donors (Lipinski definition) is 4. The molecule has 1 aliphatic carbocycles. The van der Waals surface area contributed by atoms with Gasteiger partial charge in [0, 0.05) is 12.5 Å². The van der Waals surface area contributed by atoms with E-state index in [1.54, 1.807) is 0 Å². The third kappa shape index (κ3) is 5.15. The van der Waals surface area contributed by atoms with Crippen molar-refractivity contribution in [3.05, 3.63) is 0 Å². The highest BCUT2D eigenvalue weighted by Crippen LogP contribution is 2.29. The average Bonchev–Trinajstić information content (AvgIpc) is 2.20. The molecule has 1 rings (SSSR count). The average molecular weight is 271 g/mol. The Morgan fingerprint density at radius 3 is 2.37 bits per heavy atom. The van der Waals surface area contributed by atoms with E-state index < -0.39 is 23.9 Å². The maximum Gasteiger partial charge on any atom is 0.326 e. The van der Waals surface area contributed by atoms with Crippen LogP contribution in [-0.2, 0) is 9.59 Å². The maximum absolute atomic E-state index is 11.7. The minimum Gasteiger partial charge on any atom is -0.480 e. The first kappa shape index (κ1) is 15.3. The molecule has 1 aliphatic rings. The Morgan fingerprint density at radius 2 is 1.95 bits per heavy atom. The topological polar surface area (TPSA) is 122 Å². The summed E-state index contributed by atoms with van der Waals surface area (Å²) >= 11 is 0. The van der Waals surface area contributed by atoms with Gasteiger partial charge in [-0.05, 0) is 32.1 Å². The number of carbonyl (C=O) groups excluding carboxylic acids is 2. The third-order valence-corrected chi connectivity index (χ3v) is 3.50. The van der Waals surface area contributed by atoms with Crippen LogP contribution < -0.4 is 16.4 Å². The Balaban J connectivity index is 2.37. The van der Waals surface area contributed by atoms with Crippen LogP contribution in [0.2, 0.25) is 0 Å². The van der Waals surface area contributed by atoms with Gasteiger partial charge in [-0.2, -0.15) is 0 Å². The molecular formula is C12H21N3O4. The summed E-state index contributed by atoms with van der Waals surface area (Å²) in [6.07, 6.45) is 3.27. The minimum atomic E-state index is -1.17. The fourth-order valence-corrected chi connectivity index (χ4v) is 2.01. The Morgan fingerprint density at radius 1 is 1.32 bits per heavy atom. The van der Waals surface area contributed by atoms with Gasteiger partial charge in [-0.3, -0.25) is 4.79 Å². The molecule has 0 aromatic heterocycles. The van der Waals surface area contributed by atoms with Gasteiger partial charge in [0.15, 0.2) is 0 Å². The van der Waals surface area contributed by atoms with E-state index in [9.17, 15) is 14.4 Å². The molecule has 0 saturated heterocycles. The van der Waals surface area contributed by atoms with Crippen molar-refractivity contribution in [2.45, 2.75) is 51.1 Å². The smallest absolute Gasteiger partial charge is 0.326 e. The fourth-order valence-electron chi connectivity index (χ4n) is 2.01. The SMILES string of the molecule is CC(NC(=O)NC(CCC(N)=O)C(=O)O)C1CCC1. The summed E-state index contributed by atoms with van der Waals surface area (Å²) in [5.41, 5.74) is 4.96. The van der Waals surface area contributed by atoms with Crippen molar-refractivity contribution in [1.82, 2.24) is 10.6 Å². The highest BCUT2D eigenvalue weighted by molar-refractivity contribution is 5.83. The number of carbonyl (C=O) groups is 3. The van der Waals surface area contributed by atoms with Crippen LogP contribution in [0.15, 0.2) is 0 Å². The monoisotopic (exact) mass is 271 g/mol. The quantitative estimate of drug-likeness (QED) is 0.528. The lowest BCUT2D eigenvalue weighted by Gasteiger charge is -2.32. The first-order chi connectivity index (χ1) is 8.90. The normalized spacial score (nSPS) is 17.9. The number of urea groups is 1. The van der Waals surface area contributed by atoms with Crippen molar-refractivity contribution < 1.29 is 19.5 Å². The van der Waals surface area contributed by atoms with Gasteiger partial charge in [0.05, 0.1) is 0 Å². The van der Waals surface area contributed by atoms with E-state index in [0.717, 1.165) is 12.8 Å². The summed E-state index contributed by atoms with van der Waals surface area (Å²) in [6.45, 7) is 1.91. The van der Waals surface area contributed by atoms with Crippen molar-refractivity contribution >= 4 is 17.9 Å². The summed E-state index contributed by atoms with van der Waals surface area (Å²) in [6, 6.07) is -1.59. The predicted molar refractivity (Wildman–Crippen MR) is 68.3 cm³/mol. The van der Waals surface area contributed by atoms with Gasteiger partial charge in [-0.1, -0.05) is 6.42 Å². The van der Waals surface area contributed by atoms with E-state index in [0.29, 0.717) is 5.92 Å². The Hall–Kier alpha value is -1.79. The number of amides is 3. The second-order valence-electron chi connectivity index (χ2n) is 4.99. The van der Waals surface area contributed by atoms with Gasteiger partial charge in [-0.15, -0.1) is 0 Å². The van der Waals surface area contributed by atoms with Crippen molar-refractivity contribution in [1.29, 1.82) is 0 Å². The van der Waals surface area contributed by atoms with Crippen LogP contribution >= 0.6 is 0 Å². The summed E-state index contributed by atoms with van der Waals surface area (Å²) < 4.78 is 0. The molecule has 0 spiro atoms. The fraction of sp³-hybridized carbons (Fsp3) is 0.750. The summed E-state index contributed by atoms with van der Waals surface area (Å²) in [4.78, 5) is 33.2. The number of primary amides is 1. The molecule has 5 N–H and O–H groups in total. The van der Waals surface area contributed by atoms with E-state index in [2.05, 4.69) is 10.6 Å². The molecule has 1 fully saturated rings. The molecule has 0 bridgehead atoms. The van der Waals surface area contributed by atoms with Gasteiger partial charge < -0.3 is 21.5 Å². The zero-order valence-corrected chi connectivity index (χ0v) is 11.0.